The van der Waals surface area contributed by atoms with Crippen molar-refractivity contribution in [2.45, 2.75) is 45.2 Å². The second-order valence-electron chi connectivity index (χ2n) is 5.30. The first-order valence-corrected chi connectivity index (χ1v) is 6.80. The number of anilines is 2. The summed E-state index contributed by atoms with van der Waals surface area (Å²) in [4.78, 5) is 14.0. The minimum atomic E-state index is -0.321. The normalized spacial score (nSPS) is 23.2. The molecule has 4 heteroatoms. The van der Waals surface area contributed by atoms with Gasteiger partial charge in [0.25, 0.3) is 0 Å². The molecule has 2 atom stereocenters. The van der Waals surface area contributed by atoms with Gasteiger partial charge in [-0.3, -0.25) is 0 Å². The fourth-order valence-corrected chi connectivity index (χ4v) is 2.91. The Hall–Kier alpha value is -1.71. The number of nitrogens with zero attached hydrogens (tertiary/aromatic N) is 1. The number of piperidine rings is 1. The van der Waals surface area contributed by atoms with Crippen LogP contribution in [0.15, 0.2) is 18.2 Å². The van der Waals surface area contributed by atoms with Gasteiger partial charge in [0.1, 0.15) is 0 Å². The van der Waals surface area contributed by atoms with E-state index in [0.29, 0.717) is 23.3 Å². The van der Waals surface area contributed by atoms with Crippen molar-refractivity contribution in [2.24, 2.45) is 0 Å². The molecule has 1 aliphatic heterocycles. The summed E-state index contributed by atoms with van der Waals surface area (Å²) in [5.41, 5.74) is 8.31. The van der Waals surface area contributed by atoms with Crippen molar-refractivity contribution in [2.75, 3.05) is 17.7 Å². The summed E-state index contributed by atoms with van der Waals surface area (Å²) in [7, 11) is 1.39. The Morgan fingerprint density at radius 1 is 1.32 bits per heavy atom. The van der Waals surface area contributed by atoms with Gasteiger partial charge in [0.2, 0.25) is 0 Å². The largest absolute Gasteiger partial charge is 0.465 e. The van der Waals surface area contributed by atoms with Crippen molar-refractivity contribution in [1.82, 2.24) is 0 Å². The maximum absolute atomic E-state index is 11.6. The van der Waals surface area contributed by atoms with Gasteiger partial charge >= 0.3 is 5.97 Å². The third-order valence-corrected chi connectivity index (χ3v) is 3.92. The third-order valence-electron chi connectivity index (χ3n) is 3.92. The molecule has 104 valence electrons. The Balaban J connectivity index is 2.39. The van der Waals surface area contributed by atoms with Crippen LogP contribution < -0.4 is 10.6 Å². The van der Waals surface area contributed by atoms with Gasteiger partial charge in [-0.2, -0.15) is 0 Å². The topological polar surface area (TPSA) is 55.6 Å². The average Bonchev–Trinajstić information content (AvgIpc) is 2.39. The minimum Gasteiger partial charge on any atom is -0.465 e. The van der Waals surface area contributed by atoms with Gasteiger partial charge in [-0.25, -0.2) is 4.79 Å². The van der Waals surface area contributed by atoms with Crippen LogP contribution in [-0.2, 0) is 4.74 Å². The van der Waals surface area contributed by atoms with Crippen LogP contribution in [0.5, 0.6) is 0 Å². The highest BCUT2D eigenvalue weighted by Crippen LogP contribution is 2.33. The SMILES string of the molecule is COC(=O)c1ccc(N)c(N2[C@H](C)CCC[C@@H]2C)c1. The zero-order valence-electron chi connectivity index (χ0n) is 11.8. The summed E-state index contributed by atoms with van der Waals surface area (Å²) in [5.74, 6) is -0.321. The van der Waals surface area contributed by atoms with Crippen molar-refractivity contribution < 1.29 is 9.53 Å². The molecule has 0 radical (unpaired) electrons. The van der Waals surface area contributed by atoms with Gasteiger partial charge in [0, 0.05) is 12.1 Å². The van der Waals surface area contributed by atoms with Crippen LogP contribution >= 0.6 is 0 Å². The monoisotopic (exact) mass is 262 g/mol. The van der Waals surface area contributed by atoms with Crippen LogP contribution in [0.25, 0.3) is 0 Å². The van der Waals surface area contributed by atoms with Gasteiger partial charge in [-0.05, 0) is 51.3 Å². The number of benzene rings is 1. The van der Waals surface area contributed by atoms with E-state index < -0.39 is 0 Å². The standard InChI is InChI=1S/C15H22N2O2/c1-10-5-4-6-11(2)17(10)14-9-12(15(18)19-3)7-8-13(14)16/h7-11H,4-6,16H2,1-3H3/t10-,11+. The lowest BCUT2D eigenvalue weighted by Gasteiger charge is -2.41. The van der Waals surface area contributed by atoms with E-state index in [4.69, 9.17) is 10.5 Å². The molecule has 2 rings (SSSR count). The quantitative estimate of drug-likeness (QED) is 0.657. The number of hydrogen-bond acceptors (Lipinski definition) is 4. The van der Waals surface area contributed by atoms with Crippen LogP contribution in [0.2, 0.25) is 0 Å². The summed E-state index contributed by atoms with van der Waals surface area (Å²) in [6.07, 6.45) is 3.56. The van der Waals surface area contributed by atoms with E-state index in [9.17, 15) is 4.79 Å². The van der Waals surface area contributed by atoms with E-state index in [0.717, 1.165) is 18.5 Å². The van der Waals surface area contributed by atoms with Crippen LogP contribution in [0.1, 0.15) is 43.5 Å². The molecule has 0 aromatic heterocycles. The zero-order valence-corrected chi connectivity index (χ0v) is 11.8. The lowest BCUT2D eigenvalue weighted by molar-refractivity contribution is 0.0601. The third kappa shape index (κ3) is 2.67. The molecule has 1 saturated heterocycles. The van der Waals surface area contributed by atoms with Gasteiger partial charge in [-0.1, -0.05) is 0 Å². The Kier molecular flexibility index (Phi) is 3.98. The Morgan fingerprint density at radius 2 is 1.95 bits per heavy atom. The fraction of sp³-hybridized carbons (Fsp3) is 0.533. The number of esters is 1. The van der Waals surface area contributed by atoms with Crippen molar-refractivity contribution in [3.05, 3.63) is 23.8 Å². The first-order valence-electron chi connectivity index (χ1n) is 6.80. The van der Waals surface area contributed by atoms with Gasteiger partial charge in [-0.15, -0.1) is 0 Å². The number of ether oxygens (including phenoxy) is 1. The van der Waals surface area contributed by atoms with E-state index >= 15 is 0 Å². The number of methoxy groups -OCH3 is 1. The Morgan fingerprint density at radius 3 is 2.53 bits per heavy atom. The van der Waals surface area contributed by atoms with Gasteiger partial charge < -0.3 is 15.4 Å². The second-order valence-corrected chi connectivity index (χ2v) is 5.30. The Labute approximate surface area is 114 Å². The molecular weight excluding hydrogens is 240 g/mol. The van der Waals surface area contributed by atoms with Crippen molar-refractivity contribution in [1.29, 1.82) is 0 Å². The highest BCUT2D eigenvalue weighted by molar-refractivity contribution is 5.92. The lowest BCUT2D eigenvalue weighted by Crippen LogP contribution is -2.44. The van der Waals surface area contributed by atoms with Crippen LogP contribution in [0, 0.1) is 0 Å². The molecule has 0 spiro atoms. The molecule has 1 aromatic rings. The van der Waals surface area contributed by atoms with Crippen molar-refractivity contribution in [3.63, 3.8) is 0 Å². The molecule has 1 aliphatic rings. The summed E-state index contributed by atoms with van der Waals surface area (Å²) >= 11 is 0. The number of nitrogens with two attached hydrogens (primary N) is 1. The Bertz CT molecular complexity index is 463. The number of rotatable bonds is 2. The smallest absolute Gasteiger partial charge is 0.337 e. The molecule has 1 heterocycles. The molecule has 1 fully saturated rings. The predicted molar refractivity (Wildman–Crippen MR) is 77.4 cm³/mol. The molecule has 0 unspecified atom stereocenters. The molecule has 0 aliphatic carbocycles. The zero-order chi connectivity index (χ0) is 14.0. The molecular formula is C15H22N2O2. The van der Waals surface area contributed by atoms with E-state index in [1.165, 1.54) is 13.5 Å². The van der Waals surface area contributed by atoms with Crippen LogP contribution in [0.3, 0.4) is 0 Å². The predicted octanol–water partition coefficient (Wildman–Crippen LogP) is 2.82. The van der Waals surface area contributed by atoms with Crippen LogP contribution in [0.4, 0.5) is 11.4 Å². The average molecular weight is 262 g/mol. The first-order chi connectivity index (χ1) is 9.04. The number of carbonyl (C=O) groups is 1. The molecule has 0 amide bonds. The molecule has 4 nitrogen and oxygen atoms in total. The summed E-state index contributed by atoms with van der Waals surface area (Å²) < 4.78 is 4.77. The van der Waals surface area contributed by atoms with E-state index in [-0.39, 0.29) is 5.97 Å². The number of carbonyl (C=O) groups excluding carboxylic acids is 1. The van der Waals surface area contributed by atoms with Gasteiger partial charge in [0.05, 0.1) is 24.0 Å². The molecule has 19 heavy (non-hydrogen) atoms. The summed E-state index contributed by atoms with van der Waals surface area (Å²) in [6.45, 7) is 4.42. The highest BCUT2D eigenvalue weighted by Gasteiger charge is 2.26. The maximum atomic E-state index is 11.6. The maximum Gasteiger partial charge on any atom is 0.337 e. The second kappa shape index (κ2) is 5.51. The lowest BCUT2D eigenvalue weighted by atomic mass is 9.96. The van der Waals surface area contributed by atoms with E-state index in [2.05, 4.69) is 18.7 Å². The number of nitrogen functional groups attached to an aromatic ring is 1. The van der Waals surface area contributed by atoms with Crippen LogP contribution in [-0.4, -0.2) is 25.2 Å². The van der Waals surface area contributed by atoms with Gasteiger partial charge in [0.15, 0.2) is 0 Å². The first kappa shape index (κ1) is 13.7. The minimum absolute atomic E-state index is 0.321. The highest BCUT2D eigenvalue weighted by atomic mass is 16.5. The molecule has 0 bridgehead atoms. The van der Waals surface area contributed by atoms with Crippen molar-refractivity contribution in [3.8, 4) is 0 Å². The van der Waals surface area contributed by atoms with Crippen molar-refractivity contribution >= 4 is 17.3 Å². The molecule has 0 saturated carbocycles. The molecule has 1 aromatic carbocycles. The van der Waals surface area contributed by atoms with E-state index in [1.807, 2.05) is 6.07 Å². The summed E-state index contributed by atoms with van der Waals surface area (Å²) in [6, 6.07) is 6.23. The molecule has 2 N–H and O–H groups in total. The van der Waals surface area contributed by atoms with E-state index in [1.54, 1.807) is 12.1 Å². The fourth-order valence-electron chi connectivity index (χ4n) is 2.91. The summed E-state index contributed by atoms with van der Waals surface area (Å²) in [5, 5.41) is 0. The number of hydrogen-bond donors (Lipinski definition) is 1.